The van der Waals surface area contributed by atoms with Crippen molar-refractivity contribution in [3.63, 3.8) is 0 Å². The van der Waals surface area contributed by atoms with E-state index in [0.717, 1.165) is 18.5 Å². The monoisotopic (exact) mass is 234 g/mol. The molecule has 0 bridgehead atoms. The van der Waals surface area contributed by atoms with Gasteiger partial charge >= 0.3 is 0 Å². The van der Waals surface area contributed by atoms with Crippen LogP contribution in [-0.4, -0.2) is 17.6 Å². The van der Waals surface area contributed by atoms with Gasteiger partial charge in [0.2, 0.25) is 0 Å². The summed E-state index contributed by atoms with van der Waals surface area (Å²) in [7, 11) is 0. The van der Waals surface area contributed by atoms with Gasteiger partial charge in [-0.25, -0.2) is 0 Å². The summed E-state index contributed by atoms with van der Waals surface area (Å²) in [4.78, 5) is 10.1. The van der Waals surface area contributed by atoms with E-state index in [9.17, 15) is 10.1 Å². The lowest BCUT2D eigenvalue weighted by Crippen LogP contribution is -2.22. The van der Waals surface area contributed by atoms with Crippen LogP contribution in [0, 0.1) is 10.1 Å². The molecule has 17 heavy (non-hydrogen) atoms. The van der Waals surface area contributed by atoms with Gasteiger partial charge < -0.3 is 10.1 Å². The highest BCUT2D eigenvalue weighted by molar-refractivity contribution is 5.48. The Morgan fingerprint density at radius 3 is 2.76 bits per heavy atom. The second-order valence-electron chi connectivity index (χ2n) is 3.89. The van der Waals surface area contributed by atoms with Crippen LogP contribution in [0.15, 0.2) is 36.6 Å². The molecule has 1 aliphatic rings. The number of nitro groups is 1. The summed E-state index contributed by atoms with van der Waals surface area (Å²) in [5.74, 6) is 0. The summed E-state index contributed by atoms with van der Waals surface area (Å²) in [6.07, 6.45) is 5.94. The van der Waals surface area contributed by atoms with Gasteiger partial charge in [0.25, 0.3) is 5.69 Å². The van der Waals surface area contributed by atoms with Crippen LogP contribution in [0.1, 0.15) is 12.8 Å². The molecule has 0 saturated carbocycles. The SMILES string of the molecule is O=[N+]([O-])c1ccc(NC[C@H]2CCC=CO2)cc1. The summed E-state index contributed by atoms with van der Waals surface area (Å²) in [5.41, 5.74) is 0.973. The van der Waals surface area contributed by atoms with Gasteiger partial charge in [-0.15, -0.1) is 0 Å². The van der Waals surface area contributed by atoms with Crippen molar-refractivity contribution in [2.75, 3.05) is 11.9 Å². The smallest absolute Gasteiger partial charge is 0.269 e. The maximum Gasteiger partial charge on any atom is 0.269 e. The molecular formula is C12H14N2O3. The Kier molecular flexibility index (Phi) is 3.59. The van der Waals surface area contributed by atoms with Crippen molar-refractivity contribution in [1.82, 2.24) is 0 Å². The lowest BCUT2D eigenvalue weighted by atomic mass is 10.1. The predicted octanol–water partition coefficient (Wildman–Crippen LogP) is 2.70. The third kappa shape index (κ3) is 3.21. The average molecular weight is 234 g/mol. The maximum absolute atomic E-state index is 10.5. The van der Waals surface area contributed by atoms with Crippen molar-refractivity contribution < 1.29 is 9.66 Å². The third-order valence-corrected chi connectivity index (χ3v) is 2.63. The molecule has 5 nitrogen and oxygen atoms in total. The summed E-state index contributed by atoms with van der Waals surface area (Å²) >= 11 is 0. The normalized spacial score (nSPS) is 18.5. The summed E-state index contributed by atoms with van der Waals surface area (Å²) in [6.45, 7) is 0.710. The number of hydrogen-bond acceptors (Lipinski definition) is 4. The van der Waals surface area contributed by atoms with Gasteiger partial charge in [0.15, 0.2) is 0 Å². The van der Waals surface area contributed by atoms with Crippen LogP contribution in [-0.2, 0) is 4.74 Å². The molecular weight excluding hydrogens is 220 g/mol. The van der Waals surface area contributed by atoms with Crippen molar-refractivity contribution in [2.45, 2.75) is 18.9 Å². The van der Waals surface area contributed by atoms with E-state index < -0.39 is 4.92 Å². The highest BCUT2D eigenvalue weighted by Crippen LogP contribution is 2.16. The molecule has 0 amide bonds. The molecule has 1 atom stereocenters. The molecule has 2 rings (SSSR count). The van der Waals surface area contributed by atoms with Crippen molar-refractivity contribution >= 4 is 11.4 Å². The molecule has 1 aromatic carbocycles. The molecule has 1 aliphatic heterocycles. The van der Waals surface area contributed by atoms with Crippen molar-refractivity contribution in [2.24, 2.45) is 0 Å². The van der Waals surface area contributed by atoms with E-state index in [1.165, 1.54) is 12.1 Å². The lowest BCUT2D eigenvalue weighted by molar-refractivity contribution is -0.384. The number of ether oxygens (including phenoxy) is 1. The Morgan fingerprint density at radius 1 is 1.41 bits per heavy atom. The van der Waals surface area contributed by atoms with Gasteiger partial charge in [0.05, 0.1) is 17.7 Å². The molecule has 0 fully saturated rings. The number of benzene rings is 1. The Bertz CT molecular complexity index is 414. The fourth-order valence-electron chi connectivity index (χ4n) is 1.67. The Labute approximate surface area is 99.2 Å². The molecule has 1 N–H and O–H groups in total. The van der Waals surface area contributed by atoms with Gasteiger partial charge in [-0.2, -0.15) is 0 Å². The van der Waals surface area contributed by atoms with Crippen LogP contribution in [0.3, 0.4) is 0 Å². The lowest BCUT2D eigenvalue weighted by Gasteiger charge is -2.20. The number of nitrogens with one attached hydrogen (secondary N) is 1. The molecule has 0 aromatic heterocycles. The Hall–Kier alpha value is -2.04. The first-order valence-corrected chi connectivity index (χ1v) is 5.54. The second kappa shape index (κ2) is 5.34. The van der Waals surface area contributed by atoms with Crippen LogP contribution < -0.4 is 5.32 Å². The van der Waals surface area contributed by atoms with E-state index in [1.807, 2.05) is 6.08 Å². The molecule has 1 aromatic rings. The fraction of sp³-hybridized carbons (Fsp3) is 0.333. The van der Waals surface area contributed by atoms with E-state index >= 15 is 0 Å². The zero-order chi connectivity index (χ0) is 12.1. The van der Waals surface area contributed by atoms with Crippen LogP contribution >= 0.6 is 0 Å². The van der Waals surface area contributed by atoms with E-state index in [0.29, 0.717) is 6.54 Å². The van der Waals surface area contributed by atoms with E-state index in [4.69, 9.17) is 4.74 Å². The van der Waals surface area contributed by atoms with Crippen LogP contribution in [0.5, 0.6) is 0 Å². The van der Waals surface area contributed by atoms with E-state index in [1.54, 1.807) is 18.4 Å². The minimum absolute atomic E-state index is 0.104. The standard InChI is InChI=1S/C12H14N2O3/c15-14(16)11-6-4-10(5-7-11)13-9-12-3-1-2-8-17-12/h2,4-8,12-13H,1,3,9H2/t12-/m1/s1. The first kappa shape index (κ1) is 11.4. The number of rotatable bonds is 4. The molecule has 0 spiro atoms. The summed E-state index contributed by atoms with van der Waals surface area (Å²) < 4.78 is 5.41. The van der Waals surface area contributed by atoms with Crippen LogP contribution in [0.4, 0.5) is 11.4 Å². The quantitative estimate of drug-likeness (QED) is 0.642. The number of non-ortho nitro benzene ring substituents is 1. The number of anilines is 1. The zero-order valence-electron chi connectivity index (χ0n) is 9.33. The first-order chi connectivity index (χ1) is 8.25. The minimum Gasteiger partial charge on any atom is -0.497 e. The van der Waals surface area contributed by atoms with Gasteiger partial charge in [-0.1, -0.05) is 0 Å². The molecule has 90 valence electrons. The predicted molar refractivity (Wildman–Crippen MR) is 64.8 cm³/mol. The fourth-order valence-corrected chi connectivity index (χ4v) is 1.67. The number of nitro benzene ring substituents is 1. The van der Waals surface area contributed by atoms with Crippen LogP contribution in [0.25, 0.3) is 0 Å². The first-order valence-electron chi connectivity index (χ1n) is 5.54. The van der Waals surface area contributed by atoms with E-state index in [2.05, 4.69) is 5.32 Å². The average Bonchev–Trinajstić information content (AvgIpc) is 2.38. The topological polar surface area (TPSA) is 64.4 Å². The Balaban J connectivity index is 1.86. The van der Waals surface area contributed by atoms with Crippen molar-refractivity contribution in [3.05, 3.63) is 46.7 Å². The maximum atomic E-state index is 10.5. The highest BCUT2D eigenvalue weighted by atomic mass is 16.6. The molecule has 0 unspecified atom stereocenters. The zero-order valence-corrected chi connectivity index (χ0v) is 9.33. The van der Waals surface area contributed by atoms with Gasteiger partial charge in [0, 0.05) is 17.8 Å². The third-order valence-electron chi connectivity index (χ3n) is 2.63. The summed E-state index contributed by atoms with van der Waals surface area (Å²) in [5, 5.41) is 13.7. The number of nitrogens with zero attached hydrogens (tertiary/aromatic N) is 1. The Morgan fingerprint density at radius 2 is 2.18 bits per heavy atom. The van der Waals surface area contributed by atoms with Crippen LogP contribution in [0.2, 0.25) is 0 Å². The van der Waals surface area contributed by atoms with Gasteiger partial charge in [-0.3, -0.25) is 10.1 Å². The number of hydrogen-bond donors (Lipinski definition) is 1. The molecule has 0 saturated heterocycles. The number of allylic oxidation sites excluding steroid dienone is 1. The molecule has 0 aliphatic carbocycles. The molecule has 5 heteroatoms. The second-order valence-corrected chi connectivity index (χ2v) is 3.89. The minimum atomic E-state index is -0.404. The van der Waals surface area contributed by atoms with Gasteiger partial charge in [0.1, 0.15) is 6.10 Å². The van der Waals surface area contributed by atoms with Crippen molar-refractivity contribution in [1.29, 1.82) is 0 Å². The van der Waals surface area contributed by atoms with Gasteiger partial charge in [-0.05, 0) is 31.1 Å². The molecule has 1 heterocycles. The highest BCUT2D eigenvalue weighted by Gasteiger charge is 2.10. The largest absolute Gasteiger partial charge is 0.497 e. The van der Waals surface area contributed by atoms with E-state index in [-0.39, 0.29) is 11.8 Å². The summed E-state index contributed by atoms with van der Waals surface area (Å²) in [6, 6.07) is 6.39. The molecule has 0 radical (unpaired) electrons. The van der Waals surface area contributed by atoms with Crippen molar-refractivity contribution in [3.8, 4) is 0 Å².